The number of amides is 1. The van der Waals surface area contributed by atoms with E-state index in [1.165, 1.54) is 12.0 Å². The average molecular weight is 561 g/mol. The van der Waals surface area contributed by atoms with E-state index in [-0.39, 0.29) is 29.1 Å². The number of carbonyl (C=O) groups is 1. The second kappa shape index (κ2) is 11.4. The van der Waals surface area contributed by atoms with E-state index < -0.39 is 15.8 Å². The molecular formula is C26H22ClFN2O5S2. The number of rotatable bonds is 8. The van der Waals surface area contributed by atoms with Gasteiger partial charge in [0.25, 0.3) is 15.9 Å². The van der Waals surface area contributed by atoms with Crippen LogP contribution in [0, 0.1) is 5.82 Å². The SMILES string of the molecule is CCN1C(=O)/C(=C/c2ccc(OCc3ccccc3Cl)c(OC)c2)S/C1=N/S(=O)(=O)c1ccc(F)cc1. The van der Waals surface area contributed by atoms with Crippen LogP contribution in [-0.2, 0) is 21.4 Å². The molecule has 0 aromatic heterocycles. The van der Waals surface area contributed by atoms with Crippen LogP contribution in [0.15, 0.2) is 80.9 Å². The molecular weight excluding hydrogens is 539 g/mol. The highest BCUT2D eigenvalue weighted by atomic mass is 35.5. The third-order valence-electron chi connectivity index (χ3n) is 5.34. The summed E-state index contributed by atoms with van der Waals surface area (Å²) in [6, 6.07) is 16.9. The van der Waals surface area contributed by atoms with E-state index in [4.69, 9.17) is 21.1 Å². The summed E-state index contributed by atoms with van der Waals surface area (Å²) < 4.78 is 53.8. The largest absolute Gasteiger partial charge is 0.493 e. The van der Waals surface area contributed by atoms with Gasteiger partial charge in [0.1, 0.15) is 12.4 Å². The Bertz CT molecular complexity index is 1490. The fourth-order valence-electron chi connectivity index (χ4n) is 3.43. The number of hydrogen-bond acceptors (Lipinski definition) is 6. The lowest BCUT2D eigenvalue weighted by Crippen LogP contribution is -2.29. The number of ether oxygens (including phenoxy) is 2. The first kappa shape index (κ1) is 26.7. The number of amidine groups is 1. The van der Waals surface area contributed by atoms with Crippen LogP contribution in [0.25, 0.3) is 6.08 Å². The van der Waals surface area contributed by atoms with Gasteiger partial charge in [-0.2, -0.15) is 8.42 Å². The number of hydrogen-bond donors (Lipinski definition) is 0. The molecule has 37 heavy (non-hydrogen) atoms. The summed E-state index contributed by atoms with van der Waals surface area (Å²) in [5, 5.41) is 0.619. The summed E-state index contributed by atoms with van der Waals surface area (Å²) in [5.74, 6) is 0.0153. The molecule has 1 aliphatic heterocycles. The molecule has 0 N–H and O–H groups in total. The van der Waals surface area contributed by atoms with Gasteiger partial charge in [-0.25, -0.2) is 4.39 Å². The summed E-state index contributed by atoms with van der Waals surface area (Å²) in [6.45, 7) is 2.19. The Hall–Kier alpha value is -3.34. The van der Waals surface area contributed by atoms with Gasteiger partial charge < -0.3 is 9.47 Å². The zero-order valence-electron chi connectivity index (χ0n) is 19.9. The predicted molar refractivity (Wildman–Crippen MR) is 143 cm³/mol. The Morgan fingerprint density at radius 1 is 1.08 bits per heavy atom. The Kier molecular flexibility index (Phi) is 8.21. The van der Waals surface area contributed by atoms with Gasteiger partial charge in [-0.1, -0.05) is 35.9 Å². The molecule has 4 rings (SSSR count). The summed E-state index contributed by atoms with van der Waals surface area (Å²) in [5.41, 5.74) is 1.48. The molecule has 7 nitrogen and oxygen atoms in total. The molecule has 1 amide bonds. The molecule has 1 fully saturated rings. The lowest BCUT2D eigenvalue weighted by atomic mass is 10.1. The van der Waals surface area contributed by atoms with Crippen LogP contribution < -0.4 is 9.47 Å². The van der Waals surface area contributed by atoms with Crippen LogP contribution in [0.1, 0.15) is 18.1 Å². The minimum absolute atomic E-state index is 0.0229. The second-order valence-corrected chi connectivity index (χ2v) is 10.8. The number of halogens is 2. The molecule has 1 heterocycles. The van der Waals surface area contributed by atoms with E-state index in [0.717, 1.165) is 41.6 Å². The molecule has 3 aromatic carbocycles. The third kappa shape index (κ3) is 6.15. The number of benzene rings is 3. The van der Waals surface area contributed by atoms with Crippen molar-refractivity contribution in [2.24, 2.45) is 4.40 Å². The maximum absolute atomic E-state index is 13.2. The normalized spacial score (nSPS) is 16.0. The summed E-state index contributed by atoms with van der Waals surface area (Å²) in [4.78, 5) is 14.4. The standard InChI is InChI=1S/C26H22ClFN2O5S2/c1-3-30-25(31)24(36-26(30)29-37(32,33)20-11-9-19(28)10-12-20)15-17-8-13-22(23(14-17)34-2)35-16-18-6-4-5-7-21(18)27/h4-15H,3,16H2,1-2H3/b24-15-,29-26+. The van der Waals surface area contributed by atoms with E-state index in [2.05, 4.69) is 4.40 Å². The van der Waals surface area contributed by atoms with Gasteiger partial charge >= 0.3 is 0 Å². The fraction of sp³-hybridized carbons (Fsp3) is 0.154. The van der Waals surface area contributed by atoms with Crippen molar-refractivity contribution >= 4 is 50.5 Å². The lowest BCUT2D eigenvalue weighted by Gasteiger charge is -2.12. The monoisotopic (exact) mass is 560 g/mol. The van der Waals surface area contributed by atoms with Crippen molar-refractivity contribution in [3.8, 4) is 11.5 Å². The van der Waals surface area contributed by atoms with Crippen molar-refractivity contribution in [3.63, 3.8) is 0 Å². The third-order valence-corrected chi connectivity index (χ3v) is 8.11. The van der Waals surface area contributed by atoms with Crippen molar-refractivity contribution in [1.29, 1.82) is 0 Å². The molecule has 192 valence electrons. The fourth-order valence-corrected chi connectivity index (χ4v) is 5.87. The minimum atomic E-state index is -4.14. The highest BCUT2D eigenvalue weighted by molar-refractivity contribution is 8.19. The van der Waals surface area contributed by atoms with E-state index in [0.29, 0.717) is 27.0 Å². The summed E-state index contributed by atoms with van der Waals surface area (Å²) >= 11 is 7.14. The van der Waals surface area contributed by atoms with Crippen LogP contribution in [0.4, 0.5) is 4.39 Å². The van der Waals surface area contributed by atoms with E-state index in [1.807, 2.05) is 18.2 Å². The van der Waals surface area contributed by atoms with E-state index >= 15 is 0 Å². The highest BCUT2D eigenvalue weighted by Crippen LogP contribution is 2.36. The molecule has 0 spiro atoms. The zero-order chi connectivity index (χ0) is 26.6. The minimum Gasteiger partial charge on any atom is -0.493 e. The number of carbonyl (C=O) groups excluding carboxylic acids is 1. The molecule has 0 aliphatic carbocycles. The first-order valence-corrected chi connectivity index (χ1v) is 13.7. The van der Waals surface area contributed by atoms with E-state index in [1.54, 1.807) is 37.3 Å². The van der Waals surface area contributed by atoms with Crippen molar-refractivity contribution in [3.05, 3.63) is 93.6 Å². The van der Waals surface area contributed by atoms with Gasteiger partial charge in [0.15, 0.2) is 16.7 Å². The van der Waals surface area contributed by atoms with Gasteiger partial charge in [-0.15, -0.1) is 4.40 Å². The summed E-state index contributed by atoms with van der Waals surface area (Å²) in [7, 11) is -2.63. The quantitative estimate of drug-likeness (QED) is 0.326. The number of nitrogens with zero attached hydrogens (tertiary/aromatic N) is 2. The Balaban J connectivity index is 1.57. The number of sulfonamides is 1. The van der Waals surface area contributed by atoms with Crippen LogP contribution in [0.2, 0.25) is 5.02 Å². The number of likely N-dealkylation sites (N-methyl/N-ethyl adjacent to an activating group) is 1. The first-order chi connectivity index (χ1) is 17.7. The highest BCUT2D eigenvalue weighted by Gasteiger charge is 2.34. The van der Waals surface area contributed by atoms with Crippen LogP contribution in [-0.4, -0.2) is 38.0 Å². The summed E-state index contributed by atoms with van der Waals surface area (Å²) in [6.07, 6.45) is 1.63. The average Bonchev–Trinajstić information content (AvgIpc) is 3.16. The molecule has 0 saturated carbocycles. The molecule has 0 radical (unpaired) electrons. The smallest absolute Gasteiger partial charge is 0.284 e. The Morgan fingerprint density at radius 3 is 2.49 bits per heavy atom. The van der Waals surface area contributed by atoms with Crippen molar-refractivity contribution < 1.29 is 27.1 Å². The van der Waals surface area contributed by atoms with Crippen LogP contribution in [0.3, 0.4) is 0 Å². The molecule has 1 aliphatic rings. The second-order valence-electron chi connectivity index (χ2n) is 7.75. The van der Waals surface area contributed by atoms with Gasteiger partial charge in [0, 0.05) is 17.1 Å². The van der Waals surface area contributed by atoms with Crippen LogP contribution >= 0.6 is 23.4 Å². The first-order valence-electron chi connectivity index (χ1n) is 11.1. The lowest BCUT2D eigenvalue weighted by molar-refractivity contribution is -0.122. The molecule has 0 unspecified atom stereocenters. The molecule has 3 aromatic rings. The van der Waals surface area contributed by atoms with Crippen molar-refractivity contribution in [2.75, 3.05) is 13.7 Å². The maximum atomic E-state index is 13.2. The predicted octanol–water partition coefficient (Wildman–Crippen LogP) is 5.75. The molecule has 0 atom stereocenters. The van der Waals surface area contributed by atoms with Crippen molar-refractivity contribution in [1.82, 2.24) is 4.90 Å². The van der Waals surface area contributed by atoms with Gasteiger partial charge in [0.05, 0.1) is 16.9 Å². The van der Waals surface area contributed by atoms with Gasteiger partial charge in [0.2, 0.25) is 0 Å². The molecule has 11 heteroatoms. The Labute approximate surface area is 223 Å². The van der Waals surface area contributed by atoms with Crippen molar-refractivity contribution in [2.45, 2.75) is 18.4 Å². The maximum Gasteiger partial charge on any atom is 0.284 e. The van der Waals surface area contributed by atoms with Gasteiger partial charge in [-0.3, -0.25) is 9.69 Å². The van der Waals surface area contributed by atoms with Gasteiger partial charge in [-0.05, 0) is 72.8 Å². The Morgan fingerprint density at radius 2 is 1.81 bits per heavy atom. The molecule has 0 bridgehead atoms. The topological polar surface area (TPSA) is 85.3 Å². The molecule has 1 saturated heterocycles. The zero-order valence-corrected chi connectivity index (χ0v) is 22.2. The van der Waals surface area contributed by atoms with E-state index in [9.17, 15) is 17.6 Å². The number of thioether (sulfide) groups is 1. The number of methoxy groups -OCH3 is 1. The van der Waals surface area contributed by atoms with Crippen LogP contribution in [0.5, 0.6) is 11.5 Å².